The van der Waals surface area contributed by atoms with Crippen LogP contribution in [0.25, 0.3) is 0 Å². The van der Waals surface area contributed by atoms with Crippen LogP contribution in [0.3, 0.4) is 0 Å². The molecular formula is C16H16ClF. The molecule has 0 spiro atoms. The van der Waals surface area contributed by atoms with E-state index in [9.17, 15) is 4.39 Å². The number of hydrogen-bond acceptors (Lipinski definition) is 0. The van der Waals surface area contributed by atoms with E-state index in [4.69, 9.17) is 11.6 Å². The monoisotopic (exact) mass is 262 g/mol. The lowest BCUT2D eigenvalue weighted by molar-refractivity contribution is 0.616. The Bertz CT molecular complexity index is 524. The Morgan fingerprint density at radius 3 is 1.94 bits per heavy atom. The van der Waals surface area contributed by atoms with Gasteiger partial charge in [0.05, 0.1) is 5.38 Å². The fourth-order valence-electron chi connectivity index (χ4n) is 1.88. The van der Waals surface area contributed by atoms with Crippen molar-refractivity contribution < 1.29 is 4.39 Å². The number of hydrogen-bond donors (Lipinski definition) is 0. The molecule has 0 radical (unpaired) electrons. The molecule has 0 aliphatic carbocycles. The lowest BCUT2D eigenvalue weighted by Gasteiger charge is -2.13. The number of alkyl halides is 1. The van der Waals surface area contributed by atoms with Gasteiger partial charge in [0.2, 0.25) is 0 Å². The fraction of sp³-hybridized carbons (Fsp3) is 0.250. The molecular weight excluding hydrogens is 247 g/mol. The highest BCUT2D eigenvalue weighted by molar-refractivity contribution is 6.22. The van der Waals surface area contributed by atoms with E-state index in [1.54, 1.807) is 13.0 Å². The maximum absolute atomic E-state index is 13.5. The van der Waals surface area contributed by atoms with E-state index < -0.39 is 0 Å². The summed E-state index contributed by atoms with van der Waals surface area (Å²) in [5.74, 6) is -0.206. The molecule has 18 heavy (non-hydrogen) atoms. The van der Waals surface area contributed by atoms with Gasteiger partial charge in [-0.25, -0.2) is 4.39 Å². The van der Waals surface area contributed by atoms with Gasteiger partial charge in [-0.15, -0.1) is 11.6 Å². The Kier molecular flexibility index (Phi) is 3.72. The minimum Gasteiger partial charge on any atom is -0.207 e. The molecule has 0 aliphatic rings. The van der Waals surface area contributed by atoms with Crippen molar-refractivity contribution in [1.29, 1.82) is 0 Å². The molecule has 0 amide bonds. The Labute approximate surface area is 112 Å². The second kappa shape index (κ2) is 5.11. The Balaban J connectivity index is 2.37. The number of rotatable bonds is 2. The van der Waals surface area contributed by atoms with Crippen LogP contribution in [-0.2, 0) is 0 Å². The summed E-state index contributed by atoms with van der Waals surface area (Å²) in [6.07, 6.45) is 0. The van der Waals surface area contributed by atoms with Crippen molar-refractivity contribution in [1.82, 2.24) is 0 Å². The smallest absolute Gasteiger partial charge is 0.126 e. The second-order valence-electron chi connectivity index (χ2n) is 4.71. The van der Waals surface area contributed by atoms with E-state index in [0.29, 0.717) is 5.56 Å². The van der Waals surface area contributed by atoms with Crippen molar-refractivity contribution in [3.05, 3.63) is 70.0 Å². The average molecular weight is 263 g/mol. The minimum atomic E-state index is -0.306. The predicted octanol–water partition coefficient (Wildman–Crippen LogP) is 5.08. The summed E-state index contributed by atoms with van der Waals surface area (Å²) in [5, 5.41) is -0.306. The molecule has 2 rings (SSSR count). The van der Waals surface area contributed by atoms with E-state index in [1.165, 1.54) is 17.2 Å². The van der Waals surface area contributed by atoms with E-state index in [0.717, 1.165) is 11.1 Å². The SMILES string of the molecule is Cc1ccc(C(Cl)c2ccc(C)c(F)c2)cc1C. The molecule has 0 fully saturated rings. The maximum atomic E-state index is 13.5. The summed E-state index contributed by atoms with van der Waals surface area (Å²) in [7, 11) is 0. The third-order valence-corrected chi connectivity index (χ3v) is 3.82. The van der Waals surface area contributed by atoms with Crippen LogP contribution in [0.5, 0.6) is 0 Å². The highest BCUT2D eigenvalue weighted by Crippen LogP contribution is 2.30. The molecule has 0 aliphatic heterocycles. The molecule has 1 atom stereocenters. The number of aryl methyl sites for hydroxylation is 3. The summed E-state index contributed by atoms with van der Waals surface area (Å²) in [4.78, 5) is 0. The molecule has 2 aromatic rings. The first-order valence-electron chi connectivity index (χ1n) is 5.96. The van der Waals surface area contributed by atoms with Crippen LogP contribution in [0.1, 0.15) is 33.2 Å². The standard InChI is InChI=1S/C16H16ClF/c1-10-4-6-13(8-12(10)3)16(17)14-7-5-11(2)15(18)9-14/h4-9,16H,1-3H3. The van der Waals surface area contributed by atoms with Crippen LogP contribution in [0.15, 0.2) is 36.4 Å². The van der Waals surface area contributed by atoms with Crippen LogP contribution in [0, 0.1) is 26.6 Å². The zero-order valence-corrected chi connectivity index (χ0v) is 11.6. The van der Waals surface area contributed by atoms with Crippen LogP contribution >= 0.6 is 11.6 Å². The van der Waals surface area contributed by atoms with Crippen LogP contribution in [-0.4, -0.2) is 0 Å². The third-order valence-electron chi connectivity index (χ3n) is 3.31. The molecule has 0 bridgehead atoms. The lowest BCUT2D eigenvalue weighted by Crippen LogP contribution is -1.96. The second-order valence-corrected chi connectivity index (χ2v) is 5.15. The molecule has 0 saturated carbocycles. The van der Waals surface area contributed by atoms with Crippen LogP contribution in [0.4, 0.5) is 4.39 Å². The molecule has 0 nitrogen and oxygen atoms in total. The summed E-state index contributed by atoms with van der Waals surface area (Å²) < 4.78 is 13.5. The van der Waals surface area contributed by atoms with Crippen molar-refractivity contribution >= 4 is 11.6 Å². The van der Waals surface area contributed by atoms with Gasteiger partial charge >= 0.3 is 0 Å². The average Bonchev–Trinajstić information content (AvgIpc) is 2.35. The van der Waals surface area contributed by atoms with Gasteiger partial charge in [-0.2, -0.15) is 0 Å². The van der Waals surface area contributed by atoms with Gasteiger partial charge in [0.25, 0.3) is 0 Å². The summed E-state index contributed by atoms with van der Waals surface area (Å²) in [6, 6.07) is 11.3. The van der Waals surface area contributed by atoms with Crippen molar-refractivity contribution in [2.75, 3.05) is 0 Å². The van der Waals surface area contributed by atoms with Gasteiger partial charge in [0, 0.05) is 0 Å². The first kappa shape index (κ1) is 13.1. The van der Waals surface area contributed by atoms with E-state index >= 15 is 0 Å². The van der Waals surface area contributed by atoms with Gasteiger partial charge in [-0.3, -0.25) is 0 Å². The first-order chi connectivity index (χ1) is 8.49. The molecule has 94 valence electrons. The quantitative estimate of drug-likeness (QED) is 0.662. The first-order valence-corrected chi connectivity index (χ1v) is 6.40. The van der Waals surface area contributed by atoms with E-state index in [1.807, 2.05) is 18.2 Å². The Morgan fingerprint density at radius 2 is 1.39 bits per heavy atom. The van der Waals surface area contributed by atoms with Crippen molar-refractivity contribution in [3.63, 3.8) is 0 Å². The van der Waals surface area contributed by atoms with Crippen molar-refractivity contribution in [3.8, 4) is 0 Å². The van der Waals surface area contributed by atoms with Gasteiger partial charge in [0.1, 0.15) is 5.82 Å². The molecule has 2 heteroatoms. The molecule has 0 aromatic heterocycles. The van der Waals surface area contributed by atoms with Crippen molar-refractivity contribution in [2.24, 2.45) is 0 Å². The van der Waals surface area contributed by atoms with Crippen molar-refractivity contribution in [2.45, 2.75) is 26.1 Å². The largest absolute Gasteiger partial charge is 0.207 e. The normalized spacial score (nSPS) is 12.5. The highest BCUT2D eigenvalue weighted by atomic mass is 35.5. The Hall–Kier alpha value is -1.34. The summed E-state index contributed by atoms with van der Waals surface area (Å²) >= 11 is 6.41. The van der Waals surface area contributed by atoms with Gasteiger partial charge in [-0.05, 0) is 54.7 Å². The van der Waals surface area contributed by atoms with E-state index in [2.05, 4.69) is 19.9 Å². The third kappa shape index (κ3) is 2.56. The minimum absolute atomic E-state index is 0.206. The zero-order chi connectivity index (χ0) is 13.3. The highest BCUT2D eigenvalue weighted by Gasteiger charge is 2.12. The summed E-state index contributed by atoms with van der Waals surface area (Å²) in [6.45, 7) is 5.87. The van der Waals surface area contributed by atoms with Gasteiger partial charge < -0.3 is 0 Å². The van der Waals surface area contributed by atoms with Crippen LogP contribution < -0.4 is 0 Å². The number of halogens is 2. The lowest BCUT2D eigenvalue weighted by atomic mass is 9.99. The molecule has 2 aromatic carbocycles. The zero-order valence-electron chi connectivity index (χ0n) is 10.8. The molecule has 1 unspecified atom stereocenters. The summed E-state index contributed by atoms with van der Waals surface area (Å²) in [5.41, 5.74) is 4.87. The molecule has 0 heterocycles. The molecule has 0 N–H and O–H groups in total. The predicted molar refractivity (Wildman–Crippen MR) is 74.7 cm³/mol. The molecule has 0 saturated heterocycles. The Morgan fingerprint density at radius 1 is 0.833 bits per heavy atom. The van der Waals surface area contributed by atoms with E-state index in [-0.39, 0.29) is 11.2 Å². The fourth-order valence-corrected chi connectivity index (χ4v) is 2.15. The van der Waals surface area contributed by atoms with Crippen LogP contribution in [0.2, 0.25) is 0 Å². The van der Waals surface area contributed by atoms with Gasteiger partial charge in [-0.1, -0.05) is 30.3 Å². The van der Waals surface area contributed by atoms with Gasteiger partial charge in [0.15, 0.2) is 0 Å². The maximum Gasteiger partial charge on any atom is 0.126 e. The topological polar surface area (TPSA) is 0 Å². The number of benzene rings is 2.